The molecule has 0 bridgehead atoms. The Bertz CT molecular complexity index is 787. The van der Waals surface area contributed by atoms with Crippen LogP contribution in [0.5, 0.6) is 11.5 Å². The van der Waals surface area contributed by atoms with Crippen LogP contribution >= 0.6 is 0 Å². The van der Waals surface area contributed by atoms with Crippen LogP contribution in [0.1, 0.15) is 75.3 Å². The zero-order valence-electron chi connectivity index (χ0n) is 21.4. The number of ether oxygens (including phenoxy) is 2. The van der Waals surface area contributed by atoms with Crippen molar-refractivity contribution in [3.63, 3.8) is 0 Å². The molecule has 0 amide bonds. The SMILES string of the molecule is COc1ccccc1C[As](CC[As](Cc1ccccc1OC)C1CCCCC1)C1CCCCC1. The Kier molecular flexibility index (Phi) is 10.8. The van der Waals surface area contributed by atoms with E-state index in [1.54, 1.807) is 10.4 Å². The van der Waals surface area contributed by atoms with Crippen molar-refractivity contribution in [2.45, 2.75) is 94.5 Å². The monoisotopic (exact) mass is 586 g/mol. The molecular formula is C30H44As2O2. The molecule has 2 aromatic rings. The van der Waals surface area contributed by atoms with E-state index in [4.69, 9.17) is 9.47 Å². The van der Waals surface area contributed by atoms with Gasteiger partial charge in [-0.2, -0.15) is 0 Å². The molecule has 4 rings (SSSR count). The van der Waals surface area contributed by atoms with Gasteiger partial charge in [-0.15, -0.1) is 0 Å². The molecule has 2 aliphatic carbocycles. The van der Waals surface area contributed by atoms with Crippen LogP contribution in [0, 0.1) is 0 Å². The molecule has 0 saturated heterocycles. The second-order valence-electron chi connectivity index (χ2n) is 10.1. The first-order chi connectivity index (χ1) is 16.8. The van der Waals surface area contributed by atoms with Crippen LogP contribution in [0.2, 0.25) is 19.8 Å². The van der Waals surface area contributed by atoms with Crippen molar-refractivity contribution in [3.8, 4) is 11.5 Å². The van der Waals surface area contributed by atoms with Gasteiger partial charge < -0.3 is 0 Å². The van der Waals surface area contributed by atoms with Gasteiger partial charge in [0.25, 0.3) is 0 Å². The standard InChI is InChI=1S/C30H44As2O2/c1-33-29-19-11-9-13-25(29)23-31(27-15-5-3-6-16-27)21-22-32(28-17-7-4-8-18-28)24-26-14-10-12-20-30(26)34-2/h9-14,19-20,27-28H,3-8,15-18,21-24H2,1-2H3. The second-order valence-corrected chi connectivity index (χ2v) is 21.4. The molecule has 2 fully saturated rings. The Labute approximate surface area is 217 Å². The first kappa shape index (κ1) is 26.2. The van der Waals surface area contributed by atoms with Gasteiger partial charge in [0.15, 0.2) is 0 Å². The number of para-hydroxylation sites is 2. The molecular weight excluding hydrogens is 542 g/mol. The summed E-state index contributed by atoms with van der Waals surface area (Å²) >= 11 is -1.96. The minimum atomic E-state index is -0.981. The summed E-state index contributed by atoms with van der Waals surface area (Å²) in [5.74, 6) is 2.24. The zero-order valence-corrected chi connectivity index (χ0v) is 25.1. The maximum absolute atomic E-state index is 5.78. The number of methoxy groups -OCH3 is 2. The Hall–Kier alpha value is -0.843. The summed E-state index contributed by atoms with van der Waals surface area (Å²) in [7, 11) is 3.69. The van der Waals surface area contributed by atoms with Gasteiger partial charge >= 0.3 is 219 Å². The Morgan fingerprint density at radius 3 is 1.35 bits per heavy atom. The molecule has 0 heterocycles. The van der Waals surface area contributed by atoms with Gasteiger partial charge in [-0.1, -0.05) is 0 Å². The molecule has 2 atom stereocenters. The molecule has 0 spiro atoms. The molecule has 0 aromatic heterocycles. The van der Waals surface area contributed by atoms with Gasteiger partial charge in [0, 0.05) is 0 Å². The van der Waals surface area contributed by atoms with Gasteiger partial charge in [-0.3, -0.25) is 0 Å². The summed E-state index contributed by atoms with van der Waals surface area (Å²) in [4.78, 5) is 0. The van der Waals surface area contributed by atoms with Crippen LogP contribution in [0.15, 0.2) is 48.5 Å². The van der Waals surface area contributed by atoms with Crippen LogP contribution in [0.4, 0.5) is 0 Å². The number of rotatable bonds is 11. The summed E-state index contributed by atoms with van der Waals surface area (Å²) in [5.41, 5.74) is 2.97. The van der Waals surface area contributed by atoms with Gasteiger partial charge in [-0.05, 0) is 0 Å². The van der Waals surface area contributed by atoms with E-state index in [2.05, 4.69) is 48.5 Å². The van der Waals surface area contributed by atoms with Crippen molar-refractivity contribution in [3.05, 3.63) is 59.7 Å². The Balaban J connectivity index is 1.51. The third kappa shape index (κ3) is 7.33. The van der Waals surface area contributed by atoms with Crippen LogP contribution in [0.25, 0.3) is 0 Å². The van der Waals surface area contributed by atoms with E-state index in [-0.39, 0.29) is 0 Å². The molecule has 2 saturated carbocycles. The molecule has 34 heavy (non-hydrogen) atoms. The van der Waals surface area contributed by atoms with Gasteiger partial charge in [0.1, 0.15) is 0 Å². The molecule has 4 heteroatoms. The van der Waals surface area contributed by atoms with Crippen molar-refractivity contribution in [2.24, 2.45) is 0 Å². The summed E-state index contributed by atoms with van der Waals surface area (Å²) in [6, 6.07) is 17.7. The fraction of sp³-hybridized carbons (Fsp3) is 0.600. The van der Waals surface area contributed by atoms with Crippen molar-refractivity contribution < 1.29 is 9.47 Å². The first-order valence-electron chi connectivity index (χ1n) is 13.5. The third-order valence-electron chi connectivity index (χ3n) is 7.99. The average molecular weight is 587 g/mol. The van der Waals surface area contributed by atoms with E-state index in [0.29, 0.717) is 0 Å². The second kappa shape index (κ2) is 14.0. The summed E-state index contributed by atoms with van der Waals surface area (Å²) < 4.78 is 13.6. The fourth-order valence-corrected chi connectivity index (χ4v) is 23.5. The van der Waals surface area contributed by atoms with Crippen molar-refractivity contribution in [2.75, 3.05) is 14.2 Å². The van der Waals surface area contributed by atoms with E-state index in [1.165, 1.54) is 85.8 Å². The number of hydrogen-bond acceptors (Lipinski definition) is 2. The van der Waals surface area contributed by atoms with Crippen LogP contribution in [-0.4, -0.2) is 43.5 Å². The zero-order chi connectivity index (χ0) is 23.6. The molecule has 2 nitrogen and oxygen atoms in total. The summed E-state index contributed by atoms with van der Waals surface area (Å²) in [6.45, 7) is 0. The predicted molar refractivity (Wildman–Crippen MR) is 148 cm³/mol. The molecule has 0 radical (unpaired) electrons. The normalized spacial score (nSPS) is 19.5. The Morgan fingerprint density at radius 2 is 0.971 bits per heavy atom. The summed E-state index contributed by atoms with van der Waals surface area (Å²) in [5, 5.41) is 5.79. The predicted octanol–water partition coefficient (Wildman–Crippen LogP) is 8.23. The van der Waals surface area contributed by atoms with E-state index < -0.39 is 29.3 Å². The molecule has 2 aromatic carbocycles. The Morgan fingerprint density at radius 1 is 0.588 bits per heavy atom. The molecule has 0 N–H and O–H groups in total. The van der Waals surface area contributed by atoms with Crippen LogP contribution in [-0.2, 0) is 10.4 Å². The maximum atomic E-state index is 5.78. The number of benzene rings is 2. The van der Waals surface area contributed by atoms with Gasteiger partial charge in [0.05, 0.1) is 0 Å². The molecule has 2 aliphatic rings. The summed E-state index contributed by atoms with van der Waals surface area (Å²) in [6.07, 6.45) is 14.8. The molecule has 0 aliphatic heterocycles. The van der Waals surface area contributed by atoms with Crippen molar-refractivity contribution in [1.82, 2.24) is 0 Å². The van der Waals surface area contributed by atoms with E-state index in [1.807, 2.05) is 14.2 Å². The van der Waals surface area contributed by atoms with Crippen LogP contribution < -0.4 is 9.47 Å². The van der Waals surface area contributed by atoms with Gasteiger partial charge in [-0.25, -0.2) is 0 Å². The molecule has 2 unspecified atom stereocenters. The number of hydrogen-bond donors (Lipinski definition) is 0. The van der Waals surface area contributed by atoms with Crippen molar-refractivity contribution in [1.29, 1.82) is 0 Å². The van der Waals surface area contributed by atoms with E-state index in [9.17, 15) is 0 Å². The van der Waals surface area contributed by atoms with E-state index >= 15 is 0 Å². The van der Waals surface area contributed by atoms with Gasteiger partial charge in [0.2, 0.25) is 0 Å². The third-order valence-corrected chi connectivity index (χ3v) is 22.6. The van der Waals surface area contributed by atoms with Crippen molar-refractivity contribution >= 4 is 29.3 Å². The van der Waals surface area contributed by atoms with Crippen LogP contribution in [0.3, 0.4) is 0 Å². The van der Waals surface area contributed by atoms with E-state index in [0.717, 1.165) is 20.9 Å². The topological polar surface area (TPSA) is 18.5 Å². The average Bonchev–Trinajstić information content (AvgIpc) is 2.91. The fourth-order valence-electron chi connectivity index (χ4n) is 6.04. The quantitative estimate of drug-likeness (QED) is 0.247. The minimum absolute atomic E-state index is 0.981. The molecule has 186 valence electrons. The first-order valence-corrected chi connectivity index (χ1v) is 21.0.